The quantitative estimate of drug-likeness (QED) is 0.811. The fraction of sp³-hybridized carbons (Fsp3) is 0.267. The van der Waals surface area contributed by atoms with E-state index in [1.807, 2.05) is 30.3 Å². The molecule has 7 heteroatoms. The highest BCUT2D eigenvalue weighted by molar-refractivity contribution is 9.10. The lowest BCUT2D eigenvalue weighted by Gasteiger charge is -2.36. The van der Waals surface area contributed by atoms with Crippen molar-refractivity contribution in [3.63, 3.8) is 0 Å². The number of hydrogen-bond acceptors (Lipinski definition) is 4. The van der Waals surface area contributed by atoms with Gasteiger partial charge in [0, 0.05) is 48.7 Å². The largest absolute Gasteiger partial charge is 0.345 e. The average Bonchev–Trinajstić information content (AvgIpc) is 2.56. The number of benzene rings is 1. The molecule has 1 saturated heterocycles. The summed E-state index contributed by atoms with van der Waals surface area (Å²) < 4.78 is 1.03. The molecule has 1 N–H and O–H groups in total. The highest BCUT2D eigenvalue weighted by Crippen LogP contribution is 2.17. The summed E-state index contributed by atoms with van der Waals surface area (Å²) in [6.45, 7) is 3.45. The van der Waals surface area contributed by atoms with Crippen molar-refractivity contribution < 1.29 is 0 Å². The van der Waals surface area contributed by atoms with Gasteiger partial charge in [0.15, 0.2) is 5.11 Å². The summed E-state index contributed by atoms with van der Waals surface area (Å²) in [7, 11) is 0. The van der Waals surface area contributed by atoms with Gasteiger partial charge in [0.05, 0.1) is 0 Å². The van der Waals surface area contributed by atoms with Crippen molar-refractivity contribution in [1.82, 2.24) is 14.9 Å². The van der Waals surface area contributed by atoms with E-state index >= 15 is 0 Å². The minimum absolute atomic E-state index is 0.756. The van der Waals surface area contributed by atoms with Gasteiger partial charge in [-0.1, -0.05) is 22.0 Å². The normalized spacial score (nSPS) is 14.8. The number of piperazine rings is 1. The van der Waals surface area contributed by atoms with Crippen molar-refractivity contribution in [3.05, 3.63) is 47.2 Å². The van der Waals surface area contributed by atoms with Crippen molar-refractivity contribution in [3.8, 4) is 0 Å². The van der Waals surface area contributed by atoms with Crippen molar-refractivity contribution >= 4 is 44.9 Å². The molecule has 0 unspecified atom stereocenters. The molecule has 2 heterocycles. The molecule has 0 saturated carbocycles. The number of nitrogens with one attached hydrogen (secondary N) is 1. The van der Waals surface area contributed by atoms with E-state index in [1.54, 1.807) is 12.4 Å². The van der Waals surface area contributed by atoms with Gasteiger partial charge in [0.2, 0.25) is 5.95 Å². The maximum Gasteiger partial charge on any atom is 0.225 e. The predicted molar refractivity (Wildman–Crippen MR) is 96.2 cm³/mol. The van der Waals surface area contributed by atoms with E-state index in [9.17, 15) is 0 Å². The number of thiocarbonyl (C=S) groups is 1. The van der Waals surface area contributed by atoms with Crippen LogP contribution in [0.3, 0.4) is 0 Å². The number of aromatic nitrogens is 2. The summed E-state index contributed by atoms with van der Waals surface area (Å²) in [6, 6.07) is 9.83. The predicted octanol–water partition coefficient (Wildman–Crippen LogP) is 2.76. The molecule has 0 radical (unpaired) electrons. The standard InChI is InChI=1S/C15H16BrN5S/c16-12-3-1-4-13(11-12)19-15(22)21-9-7-20(8-10-21)14-17-5-2-6-18-14/h1-6,11H,7-10H2,(H,19,22). The van der Waals surface area contributed by atoms with Crippen LogP contribution >= 0.6 is 28.1 Å². The Morgan fingerprint density at radius 1 is 1.09 bits per heavy atom. The highest BCUT2D eigenvalue weighted by atomic mass is 79.9. The molecule has 1 aliphatic heterocycles. The Kier molecular flexibility index (Phi) is 4.84. The Balaban J connectivity index is 1.56. The van der Waals surface area contributed by atoms with E-state index in [-0.39, 0.29) is 0 Å². The van der Waals surface area contributed by atoms with Crippen LogP contribution in [0, 0.1) is 0 Å². The first-order valence-corrected chi connectivity index (χ1v) is 8.26. The zero-order chi connectivity index (χ0) is 15.4. The van der Waals surface area contributed by atoms with Crippen molar-refractivity contribution in [2.45, 2.75) is 0 Å². The molecule has 5 nitrogen and oxygen atoms in total. The minimum Gasteiger partial charge on any atom is -0.345 e. The molecule has 0 amide bonds. The lowest BCUT2D eigenvalue weighted by Crippen LogP contribution is -2.50. The maximum absolute atomic E-state index is 5.50. The molecular formula is C15H16BrN5S. The molecule has 1 aromatic carbocycles. The zero-order valence-corrected chi connectivity index (χ0v) is 14.3. The average molecular weight is 378 g/mol. The van der Waals surface area contributed by atoms with Gasteiger partial charge < -0.3 is 15.1 Å². The van der Waals surface area contributed by atoms with Crippen LogP contribution in [0.1, 0.15) is 0 Å². The van der Waals surface area contributed by atoms with Crippen LogP contribution in [0.4, 0.5) is 11.6 Å². The second kappa shape index (κ2) is 7.02. The summed E-state index contributed by atoms with van der Waals surface area (Å²) in [5, 5.41) is 4.04. The van der Waals surface area contributed by atoms with Gasteiger partial charge in [-0.25, -0.2) is 9.97 Å². The Labute approximate surface area is 143 Å². The highest BCUT2D eigenvalue weighted by Gasteiger charge is 2.20. The Hall–Kier alpha value is -1.73. The molecule has 0 atom stereocenters. The third-order valence-electron chi connectivity index (χ3n) is 3.48. The van der Waals surface area contributed by atoms with Crippen molar-refractivity contribution in [1.29, 1.82) is 0 Å². The van der Waals surface area contributed by atoms with Gasteiger partial charge in [0.1, 0.15) is 0 Å². The van der Waals surface area contributed by atoms with Crippen molar-refractivity contribution in [2.24, 2.45) is 0 Å². The van der Waals surface area contributed by atoms with E-state index in [4.69, 9.17) is 12.2 Å². The molecule has 1 fully saturated rings. The molecule has 114 valence electrons. The first kappa shape index (κ1) is 15.2. The molecule has 22 heavy (non-hydrogen) atoms. The smallest absolute Gasteiger partial charge is 0.225 e. The molecule has 2 aromatic rings. The fourth-order valence-corrected chi connectivity index (χ4v) is 3.03. The van der Waals surface area contributed by atoms with Crippen LogP contribution in [0.2, 0.25) is 0 Å². The van der Waals surface area contributed by atoms with E-state index in [0.717, 1.165) is 47.4 Å². The summed E-state index contributed by atoms with van der Waals surface area (Å²) in [5.41, 5.74) is 0.994. The van der Waals surface area contributed by atoms with E-state index in [2.05, 4.69) is 41.0 Å². The van der Waals surface area contributed by atoms with Gasteiger partial charge >= 0.3 is 0 Å². The van der Waals surface area contributed by atoms with Crippen LogP contribution in [0.25, 0.3) is 0 Å². The fourth-order valence-electron chi connectivity index (χ4n) is 2.33. The van der Waals surface area contributed by atoms with Crippen LogP contribution in [-0.4, -0.2) is 46.2 Å². The van der Waals surface area contributed by atoms with E-state index < -0.39 is 0 Å². The second-order valence-electron chi connectivity index (χ2n) is 4.96. The van der Waals surface area contributed by atoms with Gasteiger partial charge in [0.25, 0.3) is 0 Å². The summed E-state index contributed by atoms with van der Waals surface area (Å²) in [6.07, 6.45) is 3.54. The number of halogens is 1. The van der Waals surface area contributed by atoms with Crippen molar-refractivity contribution in [2.75, 3.05) is 36.4 Å². The lowest BCUT2D eigenvalue weighted by molar-refractivity contribution is 0.388. The maximum atomic E-state index is 5.50. The second-order valence-corrected chi connectivity index (χ2v) is 6.27. The van der Waals surface area contributed by atoms with Crippen LogP contribution < -0.4 is 10.2 Å². The zero-order valence-electron chi connectivity index (χ0n) is 11.9. The lowest BCUT2D eigenvalue weighted by atomic mass is 10.3. The molecule has 1 aromatic heterocycles. The Bertz CT molecular complexity index is 643. The van der Waals surface area contributed by atoms with Gasteiger partial charge in [-0.3, -0.25) is 0 Å². The molecule has 0 aliphatic carbocycles. The SMILES string of the molecule is S=C(Nc1cccc(Br)c1)N1CCN(c2ncccn2)CC1. The summed E-state index contributed by atoms with van der Waals surface area (Å²) >= 11 is 8.97. The van der Waals surface area contributed by atoms with Crippen LogP contribution in [0.15, 0.2) is 47.2 Å². The number of anilines is 2. The monoisotopic (exact) mass is 377 g/mol. The van der Waals surface area contributed by atoms with Crippen LogP contribution in [-0.2, 0) is 0 Å². The number of hydrogen-bond donors (Lipinski definition) is 1. The van der Waals surface area contributed by atoms with E-state index in [0.29, 0.717) is 0 Å². The Morgan fingerprint density at radius 2 is 1.82 bits per heavy atom. The number of nitrogens with zero attached hydrogens (tertiary/aromatic N) is 4. The van der Waals surface area contributed by atoms with Gasteiger partial charge in [-0.15, -0.1) is 0 Å². The van der Waals surface area contributed by atoms with Crippen LogP contribution in [0.5, 0.6) is 0 Å². The Morgan fingerprint density at radius 3 is 2.50 bits per heavy atom. The first-order valence-electron chi connectivity index (χ1n) is 7.06. The van der Waals surface area contributed by atoms with Gasteiger partial charge in [-0.2, -0.15) is 0 Å². The third kappa shape index (κ3) is 3.72. The molecular weight excluding hydrogens is 362 g/mol. The third-order valence-corrected chi connectivity index (χ3v) is 4.33. The molecule has 0 bridgehead atoms. The van der Waals surface area contributed by atoms with E-state index in [1.165, 1.54) is 0 Å². The summed E-state index contributed by atoms with van der Waals surface area (Å²) in [5.74, 6) is 0.785. The minimum atomic E-state index is 0.756. The number of rotatable bonds is 2. The molecule has 3 rings (SSSR count). The summed E-state index contributed by atoms with van der Waals surface area (Å²) in [4.78, 5) is 12.9. The molecule has 1 aliphatic rings. The molecule has 0 spiro atoms. The first-order chi connectivity index (χ1) is 10.7. The topological polar surface area (TPSA) is 44.3 Å². The van der Waals surface area contributed by atoms with Gasteiger partial charge in [-0.05, 0) is 36.5 Å².